The van der Waals surface area contributed by atoms with Gasteiger partial charge in [0.25, 0.3) is 5.91 Å². The molecule has 1 fully saturated rings. The lowest BCUT2D eigenvalue weighted by atomic mass is 9.98. The fourth-order valence-corrected chi connectivity index (χ4v) is 3.41. The van der Waals surface area contributed by atoms with Crippen molar-refractivity contribution in [1.82, 2.24) is 0 Å². The van der Waals surface area contributed by atoms with Crippen LogP contribution in [0.1, 0.15) is 35.7 Å². The van der Waals surface area contributed by atoms with Gasteiger partial charge in [-0.05, 0) is 55.5 Å². The van der Waals surface area contributed by atoms with E-state index in [2.05, 4.69) is 17.1 Å². The predicted octanol–water partition coefficient (Wildman–Crippen LogP) is 4.20. The number of nitrogens with two attached hydrogens (primary N) is 1. The lowest BCUT2D eigenvalue weighted by Gasteiger charge is -2.34. The molecule has 0 aliphatic carbocycles. The Kier molecular flexibility index (Phi) is 4.93. The molecule has 1 atom stereocenters. The van der Waals surface area contributed by atoms with Crippen molar-refractivity contribution in [3.05, 3.63) is 53.3 Å². The van der Waals surface area contributed by atoms with Gasteiger partial charge in [-0.25, -0.2) is 4.39 Å². The first-order valence-electron chi connectivity index (χ1n) is 8.66. The Labute approximate surface area is 147 Å². The van der Waals surface area contributed by atoms with Gasteiger partial charge in [-0.3, -0.25) is 4.79 Å². The van der Waals surface area contributed by atoms with Crippen LogP contribution >= 0.6 is 0 Å². The van der Waals surface area contributed by atoms with Gasteiger partial charge in [-0.1, -0.05) is 19.1 Å². The van der Waals surface area contributed by atoms with Gasteiger partial charge in [-0.15, -0.1) is 0 Å². The zero-order valence-corrected chi connectivity index (χ0v) is 14.7. The first-order valence-corrected chi connectivity index (χ1v) is 8.66. The van der Waals surface area contributed by atoms with Crippen LogP contribution in [-0.4, -0.2) is 19.0 Å². The van der Waals surface area contributed by atoms with Crippen LogP contribution in [0.5, 0.6) is 0 Å². The SMILES string of the molecule is Cc1cc(N)c(NC(=O)c2ccccc2F)cc1N1CCC[C@@H](C)C1. The fourth-order valence-electron chi connectivity index (χ4n) is 3.41. The predicted molar refractivity (Wildman–Crippen MR) is 101 cm³/mol. The molecule has 25 heavy (non-hydrogen) atoms. The summed E-state index contributed by atoms with van der Waals surface area (Å²) in [6.45, 7) is 6.26. The lowest BCUT2D eigenvalue weighted by Crippen LogP contribution is -2.34. The van der Waals surface area contributed by atoms with Crippen LogP contribution in [0, 0.1) is 18.7 Å². The van der Waals surface area contributed by atoms with Crippen molar-refractivity contribution in [1.29, 1.82) is 0 Å². The average Bonchev–Trinajstić information content (AvgIpc) is 2.57. The van der Waals surface area contributed by atoms with Crippen LogP contribution in [0.4, 0.5) is 21.5 Å². The van der Waals surface area contributed by atoms with Crippen LogP contribution in [0.15, 0.2) is 36.4 Å². The number of nitrogens with one attached hydrogen (secondary N) is 1. The molecular formula is C20H24FN3O. The van der Waals surface area contributed by atoms with E-state index in [1.807, 2.05) is 19.1 Å². The average molecular weight is 341 g/mol. The summed E-state index contributed by atoms with van der Waals surface area (Å²) in [6, 6.07) is 9.70. The Morgan fingerprint density at radius 2 is 2.08 bits per heavy atom. The number of aryl methyl sites for hydroxylation is 1. The summed E-state index contributed by atoms with van der Waals surface area (Å²) in [7, 11) is 0. The third-order valence-corrected chi connectivity index (χ3v) is 4.73. The van der Waals surface area contributed by atoms with E-state index in [0.29, 0.717) is 17.3 Å². The summed E-state index contributed by atoms with van der Waals surface area (Å²) in [5.41, 5.74) is 9.25. The van der Waals surface area contributed by atoms with Gasteiger partial charge < -0.3 is 16.0 Å². The number of hydrogen-bond donors (Lipinski definition) is 2. The number of anilines is 3. The Morgan fingerprint density at radius 1 is 1.32 bits per heavy atom. The third kappa shape index (κ3) is 3.76. The minimum absolute atomic E-state index is 0.00983. The van der Waals surface area contributed by atoms with Gasteiger partial charge in [0.1, 0.15) is 5.82 Å². The highest BCUT2D eigenvalue weighted by Gasteiger charge is 2.20. The highest BCUT2D eigenvalue weighted by molar-refractivity contribution is 6.06. The van der Waals surface area contributed by atoms with E-state index in [1.54, 1.807) is 12.1 Å². The first kappa shape index (κ1) is 17.3. The molecule has 0 aromatic heterocycles. The van der Waals surface area contributed by atoms with E-state index in [0.717, 1.165) is 30.8 Å². The molecule has 1 aliphatic heterocycles. The van der Waals surface area contributed by atoms with Crippen molar-refractivity contribution in [2.45, 2.75) is 26.7 Å². The highest BCUT2D eigenvalue weighted by atomic mass is 19.1. The molecule has 3 N–H and O–H groups in total. The molecule has 0 unspecified atom stereocenters. The molecule has 2 aromatic carbocycles. The number of piperidine rings is 1. The van der Waals surface area contributed by atoms with Gasteiger partial charge in [0.15, 0.2) is 0 Å². The molecule has 1 amide bonds. The molecule has 0 saturated carbocycles. The maximum Gasteiger partial charge on any atom is 0.258 e. The number of nitrogen functional groups attached to an aromatic ring is 1. The lowest BCUT2D eigenvalue weighted by molar-refractivity contribution is 0.102. The van der Waals surface area contributed by atoms with Gasteiger partial charge in [0.2, 0.25) is 0 Å². The van der Waals surface area contributed by atoms with Crippen LogP contribution < -0.4 is 16.0 Å². The molecule has 3 rings (SSSR count). The molecule has 2 aromatic rings. The molecule has 1 saturated heterocycles. The molecule has 4 nitrogen and oxygen atoms in total. The quantitative estimate of drug-likeness (QED) is 0.823. The number of carbonyl (C=O) groups is 1. The van der Waals surface area contributed by atoms with E-state index in [9.17, 15) is 9.18 Å². The topological polar surface area (TPSA) is 58.4 Å². The molecule has 0 bridgehead atoms. The minimum Gasteiger partial charge on any atom is -0.397 e. The molecule has 132 valence electrons. The Morgan fingerprint density at radius 3 is 2.80 bits per heavy atom. The van der Waals surface area contributed by atoms with Gasteiger partial charge >= 0.3 is 0 Å². The van der Waals surface area contributed by atoms with Crippen molar-refractivity contribution in [3.8, 4) is 0 Å². The standard InChI is InChI=1S/C20H24FN3O/c1-13-6-5-9-24(12-13)19-11-18(17(22)10-14(19)2)23-20(25)15-7-3-4-8-16(15)21/h3-4,7-8,10-11,13H,5-6,9,12,22H2,1-2H3,(H,23,25)/t13-/m1/s1. The van der Waals surface area contributed by atoms with Crippen LogP contribution in [0.2, 0.25) is 0 Å². The number of hydrogen-bond acceptors (Lipinski definition) is 3. The smallest absolute Gasteiger partial charge is 0.258 e. The van der Waals surface area contributed by atoms with Crippen LogP contribution in [0.3, 0.4) is 0 Å². The largest absolute Gasteiger partial charge is 0.397 e. The van der Waals surface area contributed by atoms with E-state index >= 15 is 0 Å². The first-order chi connectivity index (χ1) is 12.0. The van der Waals surface area contributed by atoms with Crippen molar-refractivity contribution >= 4 is 23.0 Å². The van der Waals surface area contributed by atoms with Gasteiger partial charge in [-0.2, -0.15) is 0 Å². The summed E-state index contributed by atoms with van der Waals surface area (Å²) in [4.78, 5) is 14.7. The van der Waals surface area contributed by atoms with E-state index < -0.39 is 11.7 Å². The van der Waals surface area contributed by atoms with Gasteiger partial charge in [0, 0.05) is 18.8 Å². The second kappa shape index (κ2) is 7.13. The normalized spacial score (nSPS) is 17.4. The van der Waals surface area contributed by atoms with E-state index in [4.69, 9.17) is 5.73 Å². The van der Waals surface area contributed by atoms with Crippen molar-refractivity contribution in [3.63, 3.8) is 0 Å². The maximum absolute atomic E-state index is 13.8. The Bertz CT molecular complexity index is 791. The number of amides is 1. The summed E-state index contributed by atoms with van der Waals surface area (Å²) < 4.78 is 13.8. The minimum atomic E-state index is -0.546. The second-order valence-corrected chi connectivity index (χ2v) is 6.85. The summed E-state index contributed by atoms with van der Waals surface area (Å²) in [5, 5.41) is 2.75. The fraction of sp³-hybridized carbons (Fsp3) is 0.350. The molecule has 1 aliphatic rings. The second-order valence-electron chi connectivity index (χ2n) is 6.85. The zero-order chi connectivity index (χ0) is 18.0. The number of halogens is 1. The zero-order valence-electron chi connectivity index (χ0n) is 14.7. The van der Waals surface area contributed by atoms with E-state index in [-0.39, 0.29) is 5.56 Å². The summed E-state index contributed by atoms with van der Waals surface area (Å²) in [6.07, 6.45) is 2.39. The third-order valence-electron chi connectivity index (χ3n) is 4.73. The Balaban J connectivity index is 1.88. The molecule has 0 spiro atoms. The Hall–Kier alpha value is -2.56. The van der Waals surface area contributed by atoms with Crippen molar-refractivity contribution in [2.75, 3.05) is 29.0 Å². The monoisotopic (exact) mass is 341 g/mol. The molecular weight excluding hydrogens is 317 g/mol. The summed E-state index contributed by atoms with van der Waals surface area (Å²) >= 11 is 0. The number of benzene rings is 2. The number of nitrogens with zero attached hydrogens (tertiary/aromatic N) is 1. The molecule has 0 radical (unpaired) electrons. The van der Waals surface area contributed by atoms with Crippen LogP contribution in [-0.2, 0) is 0 Å². The molecule has 5 heteroatoms. The van der Waals surface area contributed by atoms with E-state index in [1.165, 1.54) is 18.6 Å². The summed E-state index contributed by atoms with van der Waals surface area (Å²) in [5.74, 6) is -0.399. The van der Waals surface area contributed by atoms with Crippen molar-refractivity contribution in [2.24, 2.45) is 5.92 Å². The number of rotatable bonds is 3. The maximum atomic E-state index is 13.8. The van der Waals surface area contributed by atoms with Crippen LogP contribution in [0.25, 0.3) is 0 Å². The van der Waals surface area contributed by atoms with Gasteiger partial charge in [0.05, 0.1) is 16.9 Å². The highest BCUT2D eigenvalue weighted by Crippen LogP contribution is 2.32. The van der Waals surface area contributed by atoms with Crippen molar-refractivity contribution < 1.29 is 9.18 Å². The molecule has 1 heterocycles. The number of carbonyl (C=O) groups excluding carboxylic acids is 1.